The van der Waals surface area contributed by atoms with Crippen LogP contribution in [0.4, 0.5) is 0 Å². The summed E-state index contributed by atoms with van der Waals surface area (Å²) >= 11 is 0. The third kappa shape index (κ3) is 3.23. The topological polar surface area (TPSA) is 16.4 Å². The van der Waals surface area contributed by atoms with E-state index in [1.54, 1.807) is 6.26 Å². The Labute approximate surface area is 67.8 Å². The first-order valence-corrected chi connectivity index (χ1v) is 3.95. The molecule has 0 amide bonds. The molecule has 0 saturated carbocycles. The number of nitrogens with zero attached hydrogens (tertiary/aromatic N) is 1. The van der Waals surface area contributed by atoms with E-state index in [1.165, 1.54) is 12.0 Å². The molecule has 1 heterocycles. The van der Waals surface area contributed by atoms with Gasteiger partial charge in [0.05, 0.1) is 12.5 Å². The molecule has 0 bridgehead atoms. The lowest BCUT2D eigenvalue weighted by atomic mass is 10.2. The molecule has 0 saturated heterocycles. The van der Waals surface area contributed by atoms with Gasteiger partial charge in [0.15, 0.2) is 0 Å². The molecule has 62 valence electrons. The van der Waals surface area contributed by atoms with E-state index < -0.39 is 0 Å². The van der Waals surface area contributed by atoms with Crippen molar-refractivity contribution in [2.75, 3.05) is 20.6 Å². The van der Waals surface area contributed by atoms with Crippen LogP contribution in [0.5, 0.6) is 0 Å². The average Bonchev–Trinajstić information content (AvgIpc) is 2.39. The number of rotatable bonds is 4. The largest absolute Gasteiger partial charge is 0.472 e. The molecule has 2 heteroatoms. The molecular formula is C9H15NO. The Balaban J connectivity index is 2.14. The first-order valence-electron chi connectivity index (χ1n) is 3.95. The maximum Gasteiger partial charge on any atom is 0.0934 e. The van der Waals surface area contributed by atoms with Crippen molar-refractivity contribution in [1.82, 2.24) is 4.90 Å². The van der Waals surface area contributed by atoms with Gasteiger partial charge < -0.3 is 9.32 Å². The summed E-state index contributed by atoms with van der Waals surface area (Å²) in [4.78, 5) is 2.19. The van der Waals surface area contributed by atoms with Crippen molar-refractivity contribution >= 4 is 0 Å². The highest BCUT2D eigenvalue weighted by molar-refractivity contribution is 5.04. The summed E-state index contributed by atoms with van der Waals surface area (Å²) in [6, 6.07) is 2.02. The predicted molar refractivity (Wildman–Crippen MR) is 45.6 cm³/mol. The standard InChI is InChI=1S/C9H15NO/c1-10(2)6-3-4-9-5-7-11-8-9/h5,7-8H,3-4,6H2,1-2H3. The van der Waals surface area contributed by atoms with Crippen molar-refractivity contribution in [3.63, 3.8) is 0 Å². The Morgan fingerprint density at radius 1 is 1.45 bits per heavy atom. The van der Waals surface area contributed by atoms with Gasteiger partial charge in [-0.25, -0.2) is 0 Å². The monoisotopic (exact) mass is 153 g/mol. The number of hydrogen-bond donors (Lipinski definition) is 0. The Morgan fingerprint density at radius 2 is 2.27 bits per heavy atom. The summed E-state index contributed by atoms with van der Waals surface area (Å²) in [5.41, 5.74) is 1.30. The average molecular weight is 153 g/mol. The fraction of sp³-hybridized carbons (Fsp3) is 0.556. The summed E-state index contributed by atoms with van der Waals surface area (Å²) < 4.78 is 4.96. The lowest BCUT2D eigenvalue weighted by Gasteiger charge is -2.07. The number of hydrogen-bond acceptors (Lipinski definition) is 2. The van der Waals surface area contributed by atoms with Gasteiger partial charge in [0.1, 0.15) is 0 Å². The molecule has 2 nitrogen and oxygen atoms in total. The number of aryl methyl sites for hydroxylation is 1. The lowest BCUT2D eigenvalue weighted by Crippen LogP contribution is -2.13. The van der Waals surface area contributed by atoms with Crippen LogP contribution in [0.15, 0.2) is 23.0 Å². The van der Waals surface area contributed by atoms with Gasteiger partial charge in [0.25, 0.3) is 0 Å². The van der Waals surface area contributed by atoms with Crippen LogP contribution in [-0.4, -0.2) is 25.5 Å². The maximum atomic E-state index is 4.96. The molecule has 0 fully saturated rings. The summed E-state index contributed by atoms with van der Waals surface area (Å²) in [6.07, 6.45) is 5.86. The van der Waals surface area contributed by atoms with Gasteiger partial charge in [0.2, 0.25) is 0 Å². The third-order valence-corrected chi connectivity index (χ3v) is 1.65. The quantitative estimate of drug-likeness (QED) is 0.655. The second-order valence-corrected chi connectivity index (χ2v) is 3.04. The van der Waals surface area contributed by atoms with Gasteiger partial charge in [-0.05, 0) is 45.1 Å². The lowest BCUT2D eigenvalue weighted by molar-refractivity contribution is 0.400. The smallest absolute Gasteiger partial charge is 0.0934 e. The highest BCUT2D eigenvalue weighted by atomic mass is 16.3. The van der Waals surface area contributed by atoms with E-state index in [2.05, 4.69) is 19.0 Å². The van der Waals surface area contributed by atoms with E-state index in [-0.39, 0.29) is 0 Å². The molecule has 0 radical (unpaired) electrons. The minimum absolute atomic E-state index is 1.12. The predicted octanol–water partition coefficient (Wildman–Crippen LogP) is 1.77. The highest BCUT2D eigenvalue weighted by Crippen LogP contribution is 2.03. The minimum atomic E-state index is 1.12. The van der Waals surface area contributed by atoms with E-state index in [9.17, 15) is 0 Å². The van der Waals surface area contributed by atoms with E-state index >= 15 is 0 Å². The zero-order chi connectivity index (χ0) is 8.10. The fourth-order valence-corrected chi connectivity index (χ4v) is 1.03. The summed E-state index contributed by atoms with van der Waals surface area (Å²) in [7, 11) is 4.19. The number of furan rings is 1. The van der Waals surface area contributed by atoms with Crippen molar-refractivity contribution in [3.8, 4) is 0 Å². The van der Waals surface area contributed by atoms with Gasteiger partial charge in [-0.15, -0.1) is 0 Å². The Kier molecular flexibility index (Phi) is 3.17. The molecule has 0 N–H and O–H groups in total. The molecule has 0 atom stereocenters. The molecular weight excluding hydrogens is 138 g/mol. The van der Waals surface area contributed by atoms with E-state index in [0.29, 0.717) is 0 Å². The Morgan fingerprint density at radius 3 is 2.82 bits per heavy atom. The summed E-state index contributed by atoms with van der Waals surface area (Å²) in [5.74, 6) is 0. The molecule has 11 heavy (non-hydrogen) atoms. The van der Waals surface area contributed by atoms with E-state index in [4.69, 9.17) is 4.42 Å². The maximum absolute atomic E-state index is 4.96. The minimum Gasteiger partial charge on any atom is -0.472 e. The Hall–Kier alpha value is -0.760. The van der Waals surface area contributed by atoms with Crippen LogP contribution in [0, 0.1) is 0 Å². The van der Waals surface area contributed by atoms with Gasteiger partial charge in [0, 0.05) is 0 Å². The van der Waals surface area contributed by atoms with Crippen LogP contribution in [0.3, 0.4) is 0 Å². The van der Waals surface area contributed by atoms with Crippen LogP contribution in [0.2, 0.25) is 0 Å². The first kappa shape index (κ1) is 8.34. The summed E-state index contributed by atoms with van der Waals surface area (Å²) in [5, 5.41) is 0. The molecule has 0 aliphatic rings. The summed E-state index contributed by atoms with van der Waals surface area (Å²) in [6.45, 7) is 1.14. The van der Waals surface area contributed by atoms with Crippen LogP contribution in [0.1, 0.15) is 12.0 Å². The van der Waals surface area contributed by atoms with Gasteiger partial charge in [-0.1, -0.05) is 0 Å². The molecule has 1 rings (SSSR count). The van der Waals surface area contributed by atoms with Crippen molar-refractivity contribution in [2.24, 2.45) is 0 Å². The van der Waals surface area contributed by atoms with Gasteiger partial charge in [-0.3, -0.25) is 0 Å². The molecule has 0 aliphatic heterocycles. The van der Waals surface area contributed by atoms with Gasteiger partial charge >= 0.3 is 0 Å². The second-order valence-electron chi connectivity index (χ2n) is 3.04. The molecule has 1 aromatic heterocycles. The molecule has 0 spiro atoms. The fourth-order valence-electron chi connectivity index (χ4n) is 1.03. The SMILES string of the molecule is CN(C)CCCc1ccoc1. The zero-order valence-corrected chi connectivity index (χ0v) is 7.21. The third-order valence-electron chi connectivity index (χ3n) is 1.65. The van der Waals surface area contributed by atoms with Crippen molar-refractivity contribution in [1.29, 1.82) is 0 Å². The molecule has 1 aromatic rings. The van der Waals surface area contributed by atoms with Crippen molar-refractivity contribution in [3.05, 3.63) is 24.2 Å². The van der Waals surface area contributed by atoms with Crippen LogP contribution in [0.25, 0.3) is 0 Å². The molecule has 0 unspecified atom stereocenters. The van der Waals surface area contributed by atoms with Crippen LogP contribution in [-0.2, 0) is 6.42 Å². The van der Waals surface area contributed by atoms with Crippen molar-refractivity contribution in [2.45, 2.75) is 12.8 Å². The van der Waals surface area contributed by atoms with Crippen molar-refractivity contribution < 1.29 is 4.42 Å². The molecule has 0 aromatic carbocycles. The molecule has 0 aliphatic carbocycles. The van der Waals surface area contributed by atoms with Crippen LogP contribution < -0.4 is 0 Å². The van der Waals surface area contributed by atoms with E-state index in [1.807, 2.05) is 12.3 Å². The Bertz CT molecular complexity index is 179. The van der Waals surface area contributed by atoms with Gasteiger partial charge in [-0.2, -0.15) is 0 Å². The van der Waals surface area contributed by atoms with Crippen LogP contribution >= 0.6 is 0 Å². The normalized spacial score (nSPS) is 10.8. The van der Waals surface area contributed by atoms with E-state index in [0.717, 1.165) is 13.0 Å². The highest BCUT2D eigenvalue weighted by Gasteiger charge is 1.94. The first-order chi connectivity index (χ1) is 5.29. The zero-order valence-electron chi connectivity index (χ0n) is 7.21. The second kappa shape index (κ2) is 4.19.